The third-order valence-corrected chi connectivity index (χ3v) is 7.17. The number of imidazole rings is 1. The minimum Gasteiger partial charge on any atom is -0.467 e. The number of aryl methyl sites for hydroxylation is 1. The van der Waals surface area contributed by atoms with Crippen molar-refractivity contribution >= 4 is 40.2 Å². The van der Waals surface area contributed by atoms with Crippen molar-refractivity contribution in [3.8, 4) is 0 Å². The Labute approximate surface area is 207 Å². The number of Topliss-reactive ketones (excluding diaryl/α,β-unsaturated/α-hetero) is 1. The number of ketones is 1. The molecule has 34 heavy (non-hydrogen) atoms. The van der Waals surface area contributed by atoms with Crippen molar-refractivity contribution in [2.45, 2.75) is 32.1 Å². The molecule has 0 bridgehead atoms. The monoisotopic (exact) mass is 489 g/mol. The zero-order valence-electron chi connectivity index (χ0n) is 19.0. The number of hydrogen-bond acceptors (Lipinski definition) is 4. The molecule has 0 aliphatic carbocycles. The van der Waals surface area contributed by atoms with Crippen LogP contribution in [-0.2, 0) is 13.1 Å². The summed E-state index contributed by atoms with van der Waals surface area (Å²) in [4.78, 5) is 18.0. The van der Waals surface area contributed by atoms with Gasteiger partial charge in [0.1, 0.15) is 5.76 Å². The number of aromatic nitrogens is 3. The highest BCUT2D eigenvalue weighted by atomic mass is 35.5. The average molecular weight is 490 g/mol. The fourth-order valence-corrected chi connectivity index (χ4v) is 5.27. The molecule has 0 atom stereocenters. The van der Waals surface area contributed by atoms with E-state index in [1.807, 2.05) is 68.4 Å². The summed E-state index contributed by atoms with van der Waals surface area (Å²) in [5, 5.41) is 1.45. The van der Waals surface area contributed by atoms with Gasteiger partial charge in [-0.15, -0.1) is 0 Å². The van der Waals surface area contributed by atoms with Gasteiger partial charge in [0.15, 0.2) is 10.9 Å². The normalized spacial score (nSPS) is 11.4. The zero-order valence-corrected chi connectivity index (χ0v) is 20.6. The Bertz CT molecular complexity index is 1450. The highest BCUT2D eigenvalue weighted by Crippen LogP contribution is 2.28. The van der Waals surface area contributed by atoms with Gasteiger partial charge in [0, 0.05) is 22.0 Å². The number of rotatable bonds is 8. The number of fused-ring (bicyclic) bond motifs is 1. The Morgan fingerprint density at radius 1 is 1.00 bits per heavy atom. The van der Waals surface area contributed by atoms with Crippen LogP contribution >= 0.6 is 23.4 Å². The van der Waals surface area contributed by atoms with Gasteiger partial charge in [0.2, 0.25) is 0 Å². The van der Waals surface area contributed by atoms with E-state index in [2.05, 4.69) is 21.3 Å². The Balaban J connectivity index is 1.40. The third-order valence-electron chi connectivity index (χ3n) is 5.96. The molecule has 0 radical (unpaired) electrons. The molecule has 0 spiro atoms. The molecule has 2 aromatic carbocycles. The lowest BCUT2D eigenvalue weighted by atomic mass is 10.2. The van der Waals surface area contributed by atoms with Gasteiger partial charge < -0.3 is 13.6 Å². The van der Waals surface area contributed by atoms with Crippen LogP contribution in [0.4, 0.5) is 0 Å². The van der Waals surface area contributed by atoms with Crippen LogP contribution in [0.25, 0.3) is 11.0 Å². The van der Waals surface area contributed by atoms with Crippen molar-refractivity contribution in [1.82, 2.24) is 14.1 Å². The summed E-state index contributed by atoms with van der Waals surface area (Å²) in [6.45, 7) is 5.29. The molecular weight excluding hydrogens is 466 g/mol. The highest BCUT2D eigenvalue weighted by molar-refractivity contribution is 7.99. The van der Waals surface area contributed by atoms with E-state index in [1.54, 1.807) is 6.26 Å². The lowest BCUT2D eigenvalue weighted by Crippen LogP contribution is -2.08. The Morgan fingerprint density at radius 3 is 2.59 bits per heavy atom. The van der Waals surface area contributed by atoms with Crippen LogP contribution in [0.5, 0.6) is 0 Å². The lowest BCUT2D eigenvalue weighted by molar-refractivity contribution is 0.102. The molecule has 5 rings (SSSR count). The maximum absolute atomic E-state index is 13.2. The van der Waals surface area contributed by atoms with E-state index in [0.717, 1.165) is 38.9 Å². The summed E-state index contributed by atoms with van der Waals surface area (Å²) in [6, 6.07) is 21.8. The van der Waals surface area contributed by atoms with Crippen molar-refractivity contribution in [3.05, 3.63) is 106 Å². The van der Waals surface area contributed by atoms with Gasteiger partial charge in [-0.25, -0.2) is 4.98 Å². The maximum Gasteiger partial charge on any atom is 0.175 e. The summed E-state index contributed by atoms with van der Waals surface area (Å²) in [6.07, 6.45) is 1.67. The first-order chi connectivity index (χ1) is 16.5. The van der Waals surface area contributed by atoms with Crippen molar-refractivity contribution in [3.63, 3.8) is 0 Å². The number of thioether (sulfide) groups is 1. The van der Waals surface area contributed by atoms with Crippen LogP contribution in [0.1, 0.15) is 33.1 Å². The molecule has 0 aliphatic heterocycles. The minimum atomic E-state index is 0.0835. The summed E-state index contributed by atoms with van der Waals surface area (Å²) in [5.74, 6) is 1.25. The van der Waals surface area contributed by atoms with Crippen LogP contribution in [0.2, 0.25) is 5.02 Å². The van der Waals surface area contributed by atoms with Crippen molar-refractivity contribution in [2.75, 3.05) is 5.75 Å². The predicted octanol–water partition coefficient (Wildman–Crippen LogP) is 6.77. The average Bonchev–Trinajstić information content (AvgIpc) is 3.53. The maximum atomic E-state index is 13.2. The number of benzene rings is 2. The number of carbonyl (C=O) groups is 1. The topological polar surface area (TPSA) is 53.0 Å². The van der Waals surface area contributed by atoms with Crippen LogP contribution in [0, 0.1) is 13.8 Å². The van der Waals surface area contributed by atoms with Gasteiger partial charge in [-0.3, -0.25) is 4.79 Å². The van der Waals surface area contributed by atoms with Crippen molar-refractivity contribution in [2.24, 2.45) is 0 Å². The fourth-order valence-electron chi connectivity index (χ4n) is 4.20. The second-order valence-corrected chi connectivity index (χ2v) is 9.64. The van der Waals surface area contributed by atoms with E-state index in [9.17, 15) is 4.79 Å². The first-order valence-electron chi connectivity index (χ1n) is 11.0. The van der Waals surface area contributed by atoms with E-state index >= 15 is 0 Å². The summed E-state index contributed by atoms with van der Waals surface area (Å²) in [7, 11) is 0. The quantitative estimate of drug-likeness (QED) is 0.178. The number of carbonyl (C=O) groups excluding carboxylic acids is 1. The van der Waals surface area contributed by atoms with Crippen molar-refractivity contribution < 1.29 is 9.21 Å². The number of hydrogen-bond donors (Lipinski definition) is 0. The molecule has 0 unspecified atom stereocenters. The van der Waals surface area contributed by atoms with Gasteiger partial charge in [-0.2, -0.15) is 0 Å². The molecule has 5 aromatic rings. The standard InChI is InChI=1S/C27H24ClN3O2S/c1-18-13-23(19(2)30(18)16-22-9-6-12-33-22)26(32)17-34-27-29-24-14-21(28)10-11-25(24)31(27)15-20-7-4-3-5-8-20/h3-14H,15-17H2,1-2H3. The van der Waals surface area contributed by atoms with Crippen LogP contribution < -0.4 is 0 Å². The van der Waals surface area contributed by atoms with Crippen LogP contribution in [-0.4, -0.2) is 25.7 Å². The molecule has 3 heterocycles. The smallest absolute Gasteiger partial charge is 0.175 e. The summed E-state index contributed by atoms with van der Waals surface area (Å²) >= 11 is 7.68. The first-order valence-corrected chi connectivity index (χ1v) is 12.4. The molecular formula is C27H24ClN3O2S. The number of nitrogens with zero attached hydrogens (tertiary/aromatic N) is 3. The largest absolute Gasteiger partial charge is 0.467 e. The Hall–Kier alpha value is -3.22. The van der Waals surface area contributed by atoms with Crippen molar-refractivity contribution in [1.29, 1.82) is 0 Å². The predicted molar refractivity (Wildman–Crippen MR) is 137 cm³/mol. The zero-order chi connectivity index (χ0) is 23.7. The van der Waals surface area contributed by atoms with E-state index in [4.69, 9.17) is 21.0 Å². The third kappa shape index (κ3) is 4.56. The molecule has 0 saturated carbocycles. The van der Waals surface area contributed by atoms with E-state index in [-0.39, 0.29) is 5.78 Å². The molecule has 0 fully saturated rings. The van der Waals surface area contributed by atoms with Gasteiger partial charge in [0.25, 0.3) is 0 Å². The molecule has 7 heteroatoms. The first kappa shape index (κ1) is 22.6. The molecule has 172 valence electrons. The van der Waals surface area contributed by atoms with E-state index < -0.39 is 0 Å². The summed E-state index contributed by atoms with van der Waals surface area (Å²) in [5.41, 5.74) is 5.73. The van der Waals surface area contributed by atoms with Crippen LogP contribution in [0.3, 0.4) is 0 Å². The second-order valence-electron chi connectivity index (χ2n) is 8.26. The number of furan rings is 1. The lowest BCUT2D eigenvalue weighted by Gasteiger charge is -2.10. The van der Waals surface area contributed by atoms with Gasteiger partial charge in [-0.05, 0) is 55.8 Å². The SMILES string of the molecule is Cc1cc(C(=O)CSc2nc3cc(Cl)ccc3n2Cc2ccccc2)c(C)n1Cc1ccco1. The van der Waals surface area contributed by atoms with E-state index in [0.29, 0.717) is 23.9 Å². The Morgan fingerprint density at radius 2 is 1.82 bits per heavy atom. The fraction of sp³-hybridized carbons (Fsp3) is 0.185. The summed E-state index contributed by atoms with van der Waals surface area (Å²) < 4.78 is 9.76. The molecule has 0 N–H and O–H groups in total. The molecule has 0 amide bonds. The van der Waals surface area contributed by atoms with E-state index in [1.165, 1.54) is 17.3 Å². The Kier molecular flexibility index (Phi) is 6.35. The van der Waals surface area contributed by atoms with Gasteiger partial charge in [0.05, 0.1) is 36.1 Å². The number of halogens is 1. The minimum absolute atomic E-state index is 0.0835. The van der Waals surface area contributed by atoms with Gasteiger partial charge in [-0.1, -0.05) is 53.7 Å². The molecule has 5 nitrogen and oxygen atoms in total. The second kappa shape index (κ2) is 9.57. The molecule has 0 aliphatic rings. The van der Waals surface area contributed by atoms with Crippen LogP contribution in [0.15, 0.2) is 82.6 Å². The van der Waals surface area contributed by atoms with Gasteiger partial charge >= 0.3 is 0 Å². The highest BCUT2D eigenvalue weighted by Gasteiger charge is 2.19. The molecule has 3 aromatic heterocycles. The molecule has 0 saturated heterocycles.